The van der Waals surface area contributed by atoms with Crippen LogP contribution in [0.25, 0.3) is 0 Å². The maximum absolute atomic E-state index is 11.4. The van der Waals surface area contributed by atoms with Crippen LogP contribution < -0.4 is 15.5 Å². The second-order valence-corrected chi connectivity index (χ2v) is 4.91. The third-order valence-corrected chi connectivity index (χ3v) is 2.86. The summed E-state index contributed by atoms with van der Waals surface area (Å²) in [4.78, 5) is 24.2. The Hall–Kier alpha value is -1.14. The van der Waals surface area contributed by atoms with E-state index in [4.69, 9.17) is 4.74 Å². The summed E-state index contributed by atoms with van der Waals surface area (Å²) in [6, 6.07) is 0. The Morgan fingerprint density at radius 1 is 1.28 bits per heavy atom. The van der Waals surface area contributed by atoms with Crippen molar-refractivity contribution in [3.8, 4) is 0 Å². The average molecular weight is 258 g/mol. The molecule has 2 amide bonds. The van der Waals surface area contributed by atoms with E-state index < -0.39 is 11.8 Å². The zero-order chi connectivity index (χ0) is 13.4. The normalized spacial score (nSPS) is 18.9. The zero-order valence-electron chi connectivity index (χ0n) is 11.3. The van der Waals surface area contributed by atoms with Crippen LogP contribution in [-0.2, 0) is 14.3 Å². The summed E-state index contributed by atoms with van der Waals surface area (Å²) in [5, 5.41) is 5.20. The van der Waals surface area contributed by atoms with E-state index in [1.807, 2.05) is 0 Å². The molecular weight excluding hydrogens is 234 g/mol. The summed E-state index contributed by atoms with van der Waals surface area (Å²) < 4.78 is 5.36. The fourth-order valence-electron chi connectivity index (χ4n) is 1.82. The predicted molar refractivity (Wildman–Crippen MR) is 67.3 cm³/mol. The standard InChI is InChI=1S/C12H23N3O3/c1-15(2)7-4-6-13-11(16)12(17)14-9-10-5-3-8-18-10/h10H,3-9H2,1-2H3,(H,13,16)(H,14,17)/p+1/t10-/m1/s1. The minimum atomic E-state index is -0.567. The van der Waals surface area contributed by atoms with Crippen LogP contribution in [0, 0.1) is 0 Å². The predicted octanol–water partition coefficient (Wildman–Crippen LogP) is -2.07. The quantitative estimate of drug-likeness (QED) is 0.379. The van der Waals surface area contributed by atoms with Crippen LogP contribution in [0.5, 0.6) is 0 Å². The number of carbonyl (C=O) groups excluding carboxylic acids is 2. The van der Waals surface area contributed by atoms with Gasteiger partial charge in [0.2, 0.25) is 0 Å². The molecule has 6 heteroatoms. The number of quaternary nitrogens is 1. The first-order valence-corrected chi connectivity index (χ1v) is 6.56. The maximum Gasteiger partial charge on any atom is 0.309 e. The molecule has 6 nitrogen and oxygen atoms in total. The van der Waals surface area contributed by atoms with Gasteiger partial charge in [0, 0.05) is 26.1 Å². The highest BCUT2D eigenvalue weighted by molar-refractivity contribution is 6.35. The van der Waals surface area contributed by atoms with Gasteiger partial charge in [-0.15, -0.1) is 0 Å². The van der Waals surface area contributed by atoms with Crippen molar-refractivity contribution >= 4 is 11.8 Å². The second-order valence-electron chi connectivity index (χ2n) is 4.91. The highest BCUT2D eigenvalue weighted by Gasteiger charge is 2.18. The van der Waals surface area contributed by atoms with Gasteiger partial charge in [-0.3, -0.25) is 9.59 Å². The van der Waals surface area contributed by atoms with E-state index in [9.17, 15) is 9.59 Å². The lowest BCUT2D eigenvalue weighted by atomic mass is 10.2. The zero-order valence-corrected chi connectivity index (χ0v) is 11.3. The molecule has 1 atom stereocenters. The monoisotopic (exact) mass is 258 g/mol. The van der Waals surface area contributed by atoms with Crippen LogP contribution >= 0.6 is 0 Å². The fourth-order valence-corrected chi connectivity index (χ4v) is 1.82. The van der Waals surface area contributed by atoms with Crippen molar-refractivity contribution in [1.29, 1.82) is 0 Å². The number of rotatable bonds is 6. The molecule has 1 rings (SSSR count). The summed E-state index contributed by atoms with van der Waals surface area (Å²) in [5.74, 6) is -1.12. The Bertz CT molecular complexity index is 276. The van der Waals surface area contributed by atoms with E-state index in [-0.39, 0.29) is 6.10 Å². The lowest BCUT2D eigenvalue weighted by molar-refractivity contribution is -0.858. The smallest absolute Gasteiger partial charge is 0.309 e. The van der Waals surface area contributed by atoms with E-state index in [1.165, 1.54) is 4.90 Å². The van der Waals surface area contributed by atoms with Gasteiger partial charge < -0.3 is 20.3 Å². The van der Waals surface area contributed by atoms with E-state index in [0.717, 1.165) is 32.4 Å². The van der Waals surface area contributed by atoms with Crippen LogP contribution in [0.4, 0.5) is 0 Å². The Morgan fingerprint density at radius 2 is 2.00 bits per heavy atom. The van der Waals surface area contributed by atoms with Gasteiger partial charge >= 0.3 is 11.8 Å². The van der Waals surface area contributed by atoms with Crippen LogP contribution in [0.3, 0.4) is 0 Å². The number of nitrogens with one attached hydrogen (secondary N) is 3. The summed E-state index contributed by atoms with van der Waals surface area (Å²) >= 11 is 0. The number of amides is 2. The first-order valence-electron chi connectivity index (χ1n) is 6.56. The topological polar surface area (TPSA) is 71.9 Å². The first-order chi connectivity index (χ1) is 8.59. The minimum Gasteiger partial charge on any atom is -0.376 e. The molecule has 3 N–H and O–H groups in total. The molecule has 1 heterocycles. The Balaban J connectivity index is 2.06. The van der Waals surface area contributed by atoms with Crippen LogP contribution in [0.1, 0.15) is 19.3 Å². The van der Waals surface area contributed by atoms with Gasteiger partial charge in [-0.25, -0.2) is 0 Å². The molecule has 0 aliphatic carbocycles. The molecule has 1 fully saturated rings. The number of carbonyl (C=O) groups is 2. The van der Waals surface area contributed by atoms with Crippen LogP contribution in [0.2, 0.25) is 0 Å². The summed E-state index contributed by atoms with van der Waals surface area (Å²) in [7, 11) is 4.10. The second kappa shape index (κ2) is 8.05. The van der Waals surface area contributed by atoms with Gasteiger partial charge in [0.05, 0.1) is 26.7 Å². The van der Waals surface area contributed by atoms with Crippen molar-refractivity contribution in [2.75, 3.05) is 40.3 Å². The van der Waals surface area contributed by atoms with Crippen molar-refractivity contribution in [2.24, 2.45) is 0 Å². The molecule has 1 aliphatic rings. The lowest BCUT2D eigenvalue weighted by Crippen LogP contribution is -3.05. The molecule has 1 aliphatic heterocycles. The molecule has 1 saturated heterocycles. The third-order valence-electron chi connectivity index (χ3n) is 2.86. The molecule has 104 valence electrons. The first kappa shape index (κ1) is 14.9. The molecule has 0 saturated carbocycles. The molecule has 0 radical (unpaired) electrons. The lowest BCUT2D eigenvalue weighted by Gasteiger charge is -2.11. The highest BCUT2D eigenvalue weighted by Crippen LogP contribution is 2.10. The van der Waals surface area contributed by atoms with Gasteiger partial charge in [-0.1, -0.05) is 0 Å². The number of ether oxygens (including phenoxy) is 1. The largest absolute Gasteiger partial charge is 0.376 e. The van der Waals surface area contributed by atoms with E-state index in [2.05, 4.69) is 24.7 Å². The van der Waals surface area contributed by atoms with Crippen LogP contribution in [0.15, 0.2) is 0 Å². The molecule has 0 aromatic heterocycles. The van der Waals surface area contributed by atoms with Crippen molar-refractivity contribution in [1.82, 2.24) is 10.6 Å². The number of hydrogen-bond donors (Lipinski definition) is 3. The van der Waals surface area contributed by atoms with Gasteiger partial charge in [-0.05, 0) is 12.8 Å². The van der Waals surface area contributed by atoms with Crippen molar-refractivity contribution in [3.63, 3.8) is 0 Å². The summed E-state index contributed by atoms with van der Waals surface area (Å²) in [6.07, 6.45) is 2.92. The molecule has 0 unspecified atom stereocenters. The molecule has 18 heavy (non-hydrogen) atoms. The maximum atomic E-state index is 11.4. The summed E-state index contributed by atoms with van der Waals surface area (Å²) in [5.41, 5.74) is 0. The van der Waals surface area contributed by atoms with Crippen molar-refractivity contribution in [2.45, 2.75) is 25.4 Å². The van der Waals surface area contributed by atoms with Crippen molar-refractivity contribution in [3.05, 3.63) is 0 Å². The van der Waals surface area contributed by atoms with Crippen LogP contribution in [-0.4, -0.2) is 58.3 Å². The third kappa shape index (κ3) is 5.97. The fraction of sp³-hybridized carbons (Fsp3) is 0.833. The Morgan fingerprint density at radius 3 is 2.61 bits per heavy atom. The van der Waals surface area contributed by atoms with Gasteiger partial charge in [-0.2, -0.15) is 0 Å². The molecule has 0 bridgehead atoms. The SMILES string of the molecule is C[NH+](C)CCCNC(=O)C(=O)NC[C@H]1CCCO1. The molecular formula is C12H24N3O3+. The van der Waals surface area contributed by atoms with Gasteiger partial charge in [0.25, 0.3) is 0 Å². The molecule has 0 aromatic carbocycles. The van der Waals surface area contributed by atoms with E-state index in [1.54, 1.807) is 0 Å². The van der Waals surface area contributed by atoms with Crippen molar-refractivity contribution < 1.29 is 19.2 Å². The Labute approximate surface area is 108 Å². The van der Waals surface area contributed by atoms with E-state index in [0.29, 0.717) is 13.1 Å². The molecule has 0 aromatic rings. The highest BCUT2D eigenvalue weighted by atomic mass is 16.5. The average Bonchev–Trinajstić information content (AvgIpc) is 2.84. The summed E-state index contributed by atoms with van der Waals surface area (Å²) in [6.45, 7) is 2.68. The molecule has 0 spiro atoms. The Kier molecular flexibility index (Phi) is 6.67. The minimum absolute atomic E-state index is 0.0686. The number of hydrogen-bond acceptors (Lipinski definition) is 3. The van der Waals surface area contributed by atoms with Gasteiger partial charge in [0.1, 0.15) is 0 Å². The van der Waals surface area contributed by atoms with E-state index >= 15 is 0 Å². The van der Waals surface area contributed by atoms with Gasteiger partial charge in [0.15, 0.2) is 0 Å².